The smallest absolute Gasteiger partial charge is 0.123 e. The Hall–Kier alpha value is -6.03. The molecule has 4 aliphatic heterocycles. The van der Waals surface area contributed by atoms with Crippen molar-refractivity contribution in [2.45, 2.75) is 135 Å². The highest BCUT2D eigenvalue weighted by molar-refractivity contribution is 6.36. The number of hydrogen-bond acceptors (Lipinski definition) is 13. The minimum absolute atomic E-state index is 0.176. The summed E-state index contributed by atoms with van der Waals surface area (Å²) in [5.41, 5.74) is 9.05. The van der Waals surface area contributed by atoms with E-state index in [0.29, 0.717) is 50.8 Å². The summed E-state index contributed by atoms with van der Waals surface area (Å²) in [7, 11) is 0. The van der Waals surface area contributed by atoms with E-state index < -0.39 is 0 Å². The molecule has 17 nitrogen and oxygen atoms in total. The van der Waals surface area contributed by atoms with Gasteiger partial charge in [0.1, 0.15) is 11.6 Å². The van der Waals surface area contributed by atoms with Gasteiger partial charge in [-0.3, -0.25) is 19.6 Å². The van der Waals surface area contributed by atoms with Crippen molar-refractivity contribution >= 4 is 23.2 Å². The second kappa shape index (κ2) is 33.5. The number of piperidine rings is 4. The highest BCUT2D eigenvalue weighted by Crippen LogP contribution is 2.28. The van der Waals surface area contributed by atoms with Gasteiger partial charge < -0.3 is 43.3 Å². The standard InChI is InChI=1S/C17H23N3O.C16H19Cl2N3O.C16H20FN3O.C14H19N3O2/c1-14-3-2-4-15(9-14)11-20-7-5-17(6-8-20)21-12-16-10-18-13-19-16;17-15-2-1-3-16(18)14(15)9-21-6-4-13(5-7-21)22-10-12-8-19-11-20-12;17-14-3-1-13(2-4-14)10-20-7-5-16(6-8-20)21-11-15-9-18-12-19-15;1-2-14(18-7-1)9-17-5-3-13(4-6-17)19-10-12-8-15-11-16-12/h2-4,9-10,13,17H,5-8,11-12H2,1H3,(H,18,19);1-3,8,11,13H,4-7,9-10H2,(H,19,20);1-4,9,12,16H,5-8,10-11H2,(H,18,19);1-2,7-8,11,13H,3-6,9-10H2,(H,15,16). The number of ether oxygens (including phenoxy) is 4. The predicted octanol–water partition coefficient (Wildman–Crippen LogP) is 11.7. The molecule has 0 saturated carbocycles. The molecule has 0 radical (unpaired) electrons. The molecule has 0 atom stereocenters. The molecule has 0 aliphatic carbocycles. The molecule has 12 rings (SSSR count). The van der Waals surface area contributed by atoms with Crippen LogP contribution >= 0.6 is 23.2 Å². The van der Waals surface area contributed by atoms with Crippen LogP contribution in [-0.4, -0.2) is 136 Å². The van der Waals surface area contributed by atoms with Gasteiger partial charge in [0.25, 0.3) is 0 Å². The van der Waals surface area contributed by atoms with Gasteiger partial charge in [-0.25, -0.2) is 24.3 Å². The fourth-order valence-electron chi connectivity index (χ4n) is 10.7. The van der Waals surface area contributed by atoms with Crippen molar-refractivity contribution in [1.82, 2.24) is 59.5 Å². The Bertz CT molecular complexity index is 2920. The summed E-state index contributed by atoms with van der Waals surface area (Å²) in [4.78, 5) is 37.9. The Morgan fingerprint density at radius 3 is 1.23 bits per heavy atom. The van der Waals surface area contributed by atoms with E-state index in [1.165, 1.54) is 23.3 Å². The molecule has 3 aromatic carbocycles. The summed E-state index contributed by atoms with van der Waals surface area (Å²) in [6.07, 6.45) is 25.6. The van der Waals surface area contributed by atoms with E-state index in [0.717, 1.165) is 180 Å². The number of H-pyrrole nitrogens is 4. The Labute approximate surface area is 497 Å². The molecule has 0 amide bonds. The van der Waals surface area contributed by atoms with Gasteiger partial charge in [0.15, 0.2) is 0 Å². The third kappa shape index (κ3) is 21.5. The first-order valence-corrected chi connectivity index (χ1v) is 30.0. The SMILES string of the molecule is Cc1cccc(CN2CCC(OCc3cnc[nH]3)CC2)c1.Clc1cccc(Cl)c1CN1CCC(OCc2cnc[nH]2)CC1.Fc1ccc(CN2CCC(OCc3cnc[nH]3)CC2)cc1.c1coc(CN2CCC(OCc3cnc[nH]3)CC2)c1. The molecule has 4 fully saturated rings. The number of nitrogens with one attached hydrogen (secondary N) is 4. The Kier molecular flexibility index (Phi) is 24.8. The van der Waals surface area contributed by atoms with E-state index in [1.807, 2.05) is 54.9 Å². The minimum Gasteiger partial charge on any atom is -0.468 e. The number of benzene rings is 3. The maximum atomic E-state index is 12.9. The Morgan fingerprint density at radius 1 is 0.470 bits per heavy atom. The van der Waals surface area contributed by atoms with Crippen LogP contribution in [0.15, 0.2) is 140 Å². The number of hydrogen-bond donors (Lipinski definition) is 4. The van der Waals surface area contributed by atoms with E-state index >= 15 is 0 Å². The lowest BCUT2D eigenvalue weighted by Crippen LogP contribution is -2.36. The number of furan rings is 1. The van der Waals surface area contributed by atoms with E-state index in [4.69, 9.17) is 46.6 Å². The first-order chi connectivity index (χ1) is 40.7. The molecule has 4 aliphatic rings. The van der Waals surface area contributed by atoms with Gasteiger partial charge in [-0.05, 0) is 106 Å². The van der Waals surface area contributed by atoms with Crippen LogP contribution in [-0.2, 0) is 71.6 Å². The summed E-state index contributed by atoms with van der Waals surface area (Å²) in [6, 6.07) is 25.2. The molecule has 20 heteroatoms. The molecule has 444 valence electrons. The fraction of sp³-hybridized carbons (Fsp3) is 0.460. The van der Waals surface area contributed by atoms with Crippen molar-refractivity contribution in [3.05, 3.63) is 202 Å². The molecule has 9 heterocycles. The van der Waals surface area contributed by atoms with Gasteiger partial charge in [0.2, 0.25) is 0 Å². The number of likely N-dealkylation sites (tertiary alicyclic amines) is 4. The predicted molar refractivity (Wildman–Crippen MR) is 319 cm³/mol. The molecule has 0 spiro atoms. The van der Waals surface area contributed by atoms with Crippen LogP contribution in [0.2, 0.25) is 10.0 Å². The number of aryl methyl sites for hydroxylation is 1. The van der Waals surface area contributed by atoms with Crippen molar-refractivity contribution < 1.29 is 27.8 Å². The zero-order valence-electron chi connectivity index (χ0n) is 47.7. The normalized spacial score (nSPS) is 17.3. The van der Waals surface area contributed by atoms with E-state index in [2.05, 4.69) is 90.7 Å². The average molecular weight is 1180 g/mol. The average Bonchev–Trinajstić information content (AvgIpc) is 4.43. The van der Waals surface area contributed by atoms with E-state index in [-0.39, 0.29) is 5.82 Å². The number of rotatable bonds is 20. The van der Waals surface area contributed by atoms with Crippen molar-refractivity contribution in [1.29, 1.82) is 0 Å². The van der Waals surface area contributed by atoms with Crippen molar-refractivity contribution in [2.75, 3.05) is 52.4 Å². The zero-order valence-corrected chi connectivity index (χ0v) is 49.2. The second-order valence-electron chi connectivity index (χ2n) is 21.8. The van der Waals surface area contributed by atoms with Gasteiger partial charge in [-0.15, -0.1) is 0 Å². The first-order valence-electron chi connectivity index (χ1n) is 29.2. The quantitative estimate of drug-likeness (QED) is 0.0567. The summed E-state index contributed by atoms with van der Waals surface area (Å²) in [5, 5.41) is 1.48. The summed E-state index contributed by atoms with van der Waals surface area (Å²) in [6.45, 7) is 16.6. The molecule has 83 heavy (non-hydrogen) atoms. The highest BCUT2D eigenvalue weighted by Gasteiger charge is 2.24. The summed E-state index contributed by atoms with van der Waals surface area (Å²) >= 11 is 12.5. The van der Waals surface area contributed by atoms with Gasteiger partial charge >= 0.3 is 0 Å². The van der Waals surface area contributed by atoms with Gasteiger partial charge in [-0.1, -0.05) is 71.2 Å². The molecular formula is C63H81Cl2FN12O5. The number of imidazole rings is 4. The van der Waals surface area contributed by atoms with Crippen molar-refractivity contribution in [2.24, 2.45) is 0 Å². The van der Waals surface area contributed by atoms with Crippen LogP contribution in [0.25, 0.3) is 0 Å². The molecule has 0 bridgehead atoms. The zero-order chi connectivity index (χ0) is 57.3. The largest absolute Gasteiger partial charge is 0.468 e. The number of nitrogens with zero attached hydrogens (tertiary/aromatic N) is 8. The lowest BCUT2D eigenvalue weighted by Gasteiger charge is -2.32. The summed E-state index contributed by atoms with van der Waals surface area (Å²) in [5.74, 6) is 0.862. The fourth-order valence-corrected chi connectivity index (χ4v) is 11.2. The molecular weight excluding hydrogens is 1090 g/mol. The molecule has 8 aromatic rings. The lowest BCUT2D eigenvalue weighted by molar-refractivity contribution is -0.00615. The topological polar surface area (TPSA) is 178 Å². The number of aromatic nitrogens is 8. The maximum absolute atomic E-state index is 12.9. The van der Waals surface area contributed by atoms with Gasteiger partial charge in [0, 0.05) is 87.6 Å². The number of halogens is 3. The van der Waals surface area contributed by atoms with Crippen LogP contribution in [0.1, 0.15) is 102 Å². The molecule has 4 N–H and O–H groups in total. The summed E-state index contributed by atoms with van der Waals surface area (Å²) < 4.78 is 41.9. The Morgan fingerprint density at radius 2 is 0.855 bits per heavy atom. The molecule has 4 saturated heterocycles. The Balaban J connectivity index is 0.000000133. The van der Waals surface area contributed by atoms with Crippen LogP contribution < -0.4 is 0 Å². The first kappa shape index (κ1) is 61.5. The van der Waals surface area contributed by atoms with Crippen LogP contribution in [0, 0.1) is 12.7 Å². The van der Waals surface area contributed by atoms with Crippen LogP contribution in [0.3, 0.4) is 0 Å². The lowest BCUT2D eigenvalue weighted by atomic mass is 10.1. The third-order valence-electron chi connectivity index (χ3n) is 15.5. The van der Waals surface area contributed by atoms with Crippen LogP contribution in [0.5, 0.6) is 0 Å². The van der Waals surface area contributed by atoms with Crippen LogP contribution in [0.4, 0.5) is 4.39 Å². The number of aromatic amines is 4. The second-order valence-corrected chi connectivity index (χ2v) is 22.7. The van der Waals surface area contributed by atoms with Gasteiger partial charge in [0.05, 0.1) is 137 Å². The minimum atomic E-state index is -0.176. The van der Waals surface area contributed by atoms with Crippen molar-refractivity contribution in [3.8, 4) is 0 Å². The third-order valence-corrected chi connectivity index (χ3v) is 16.2. The molecule has 5 aromatic heterocycles. The monoisotopic (exact) mass is 1170 g/mol. The van der Waals surface area contributed by atoms with E-state index in [9.17, 15) is 4.39 Å². The van der Waals surface area contributed by atoms with E-state index in [1.54, 1.807) is 44.0 Å². The molecule has 0 unspecified atom stereocenters. The van der Waals surface area contributed by atoms with Crippen molar-refractivity contribution in [3.63, 3.8) is 0 Å². The maximum Gasteiger partial charge on any atom is 0.123 e. The highest BCUT2D eigenvalue weighted by atomic mass is 35.5. The van der Waals surface area contributed by atoms with Gasteiger partial charge in [-0.2, -0.15) is 0 Å².